The average Bonchev–Trinajstić information content (AvgIpc) is 2.76. The molecule has 3 N–H and O–H groups in total. The second-order valence-electron chi connectivity index (χ2n) is 5.89. The number of sulfonamides is 1. The average molecular weight is 314 g/mol. The number of hydrogen-bond donors (Lipinski definition) is 3. The zero-order chi connectivity index (χ0) is 15.5. The minimum Gasteiger partial charge on any atom is -0.311 e. The molecule has 0 bridgehead atoms. The van der Waals surface area contributed by atoms with E-state index in [-0.39, 0.29) is 5.54 Å². The monoisotopic (exact) mass is 314 g/mol. The van der Waals surface area contributed by atoms with Crippen LogP contribution < -0.4 is 10.0 Å². The summed E-state index contributed by atoms with van der Waals surface area (Å²) in [4.78, 5) is 0.311. The summed E-state index contributed by atoms with van der Waals surface area (Å²) in [6, 6.07) is 0. The van der Waals surface area contributed by atoms with E-state index >= 15 is 0 Å². The third-order valence-electron chi connectivity index (χ3n) is 4.29. The van der Waals surface area contributed by atoms with Crippen molar-refractivity contribution in [3.63, 3.8) is 0 Å². The Labute approximate surface area is 127 Å². The number of nitrogens with zero attached hydrogens (tertiary/aromatic N) is 1. The number of hydrogen-bond acceptors (Lipinski definition) is 4. The molecule has 0 amide bonds. The van der Waals surface area contributed by atoms with Gasteiger partial charge in [0.05, 0.1) is 11.4 Å². The highest BCUT2D eigenvalue weighted by molar-refractivity contribution is 7.89. The van der Waals surface area contributed by atoms with Crippen LogP contribution in [0, 0.1) is 6.92 Å². The van der Waals surface area contributed by atoms with E-state index in [1.807, 2.05) is 6.92 Å². The number of aromatic nitrogens is 2. The maximum Gasteiger partial charge on any atom is 0.244 e. The minimum absolute atomic E-state index is 0.253. The van der Waals surface area contributed by atoms with E-state index in [9.17, 15) is 8.42 Å². The summed E-state index contributed by atoms with van der Waals surface area (Å²) >= 11 is 0. The van der Waals surface area contributed by atoms with Crippen molar-refractivity contribution in [2.45, 2.75) is 69.9 Å². The Balaban J connectivity index is 2.21. The molecule has 7 heteroatoms. The smallest absolute Gasteiger partial charge is 0.244 e. The highest BCUT2D eigenvalue weighted by Gasteiger charge is 2.40. The summed E-state index contributed by atoms with van der Waals surface area (Å²) in [5.74, 6) is 0. The van der Waals surface area contributed by atoms with E-state index in [2.05, 4.69) is 27.2 Å². The number of H-pyrrole nitrogens is 1. The van der Waals surface area contributed by atoms with Gasteiger partial charge in [-0.3, -0.25) is 5.10 Å². The lowest BCUT2D eigenvalue weighted by molar-refractivity contribution is 0.214. The Kier molecular flexibility index (Phi) is 5.06. The molecular weight excluding hydrogens is 288 g/mol. The quantitative estimate of drug-likeness (QED) is 0.639. The molecule has 1 heterocycles. The summed E-state index contributed by atoms with van der Waals surface area (Å²) < 4.78 is 28.4. The molecule has 0 aliphatic heterocycles. The van der Waals surface area contributed by atoms with Gasteiger partial charge in [0.25, 0.3) is 0 Å². The fourth-order valence-electron chi connectivity index (χ4n) is 2.80. The predicted molar refractivity (Wildman–Crippen MR) is 82.5 cm³/mol. The summed E-state index contributed by atoms with van der Waals surface area (Å²) in [6.45, 7) is 7.17. The fourth-order valence-corrected chi connectivity index (χ4v) is 4.69. The molecule has 1 aromatic heterocycles. The van der Waals surface area contributed by atoms with Gasteiger partial charge in [-0.05, 0) is 45.6 Å². The largest absolute Gasteiger partial charge is 0.311 e. The zero-order valence-electron chi connectivity index (χ0n) is 13.1. The Bertz CT molecular complexity index is 570. The van der Waals surface area contributed by atoms with Crippen LogP contribution in [0.25, 0.3) is 0 Å². The number of rotatable bonds is 8. The van der Waals surface area contributed by atoms with Crippen LogP contribution in [0.4, 0.5) is 0 Å². The third-order valence-corrected chi connectivity index (χ3v) is 6.07. The van der Waals surface area contributed by atoms with Crippen molar-refractivity contribution >= 4 is 10.0 Å². The summed E-state index contributed by atoms with van der Waals surface area (Å²) in [6.07, 6.45) is 4.76. The van der Waals surface area contributed by atoms with E-state index in [4.69, 9.17) is 0 Å². The van der Waals surface area contributed by atoms with Crippen LogP contribution in [0.15, 0.2) is 4.90 Å². The lowest BCUT2D eigenvalue weighted by Crippen LogP contribution is -2.53. The fraction of sp³-hybridized carbons (Fsp3) is 0.786. The molecule has 21 heavy (non-hydrogen) atoms. The molecule has 1 aliphatic carbocycles. The van der Waals surface area contributed by atoms with Crippen LogP contribution in [0.2, 0.25) is 0 Å². The van der Waals surface area contributed by atoms with Crippen LogP contribution in [0.5, 0.6) is 0 Å². The normalized spacial score (nSPS) is 17.7. The molecule has 0 atom stereocenters. The van der Waals surface area contributed by atoms with Crippen LogP contribution in [-0.4, -0.2) is 30.7 Å². The molecule has 0 saturated heterocycles. The molecule has 0 spiro atoms. The predicted octanol–water partition coefficient (Wildman–Crippen LogP) is 1.83. The Morgan fingerprint density at radius 2 is 2.05 bits per heavy atom. The Hall–Kier alpha value is -0.920. The second kappa shape index (κ2) is 6.46. The minimum atomic E-state index is -3.53. The molecule has 2 rings (SSSR count). The van der Waals surface area contributed by atoms with Crippen molar-refractivity contribution < 1.29 is 8.42 Å². The second-order valence-corrected chi connectivity index (χ2v) is 7.51. The van der Waals surface area contributed by atoms with Crippen molar-refractivity contribution in [2.75, 3.05) is 6.54 Å². The highest BCUT2D eigenvalue weighted by Crippen LogP contribution is 2.36. The van der Waals surface area contributed by atoms with Gasteiger partial charge in [-0.2, -0.15) is 5.10 Å². The van der Waals surface area contributed by atoms with Gasteiger partial charge in [0.15, 0.2) is 0 Å². The van der Waals surface area contributed by atoms with E-state index in [1.165, 1.54) is 0 Å². The lowest BCUT2D eigenvalue weighted by Gasteiger charge is -2.41. The topological polar surface area (TPSA) is 86.9 Å². The first-order valence-electron chi connectivity index (χ1n) is 7.72. The zero-order valence-corrected chi connectivity index (χ0v) is 13.9. The van der Waals surface area contributed by atoms with Crippen LogP contribution >= 0.6 is 0 Å². The maximum absolute atomic E-state index is 12.7. The van der Waals surface area contributed by atoms with Crippen molar-refractivity contribution in [1.29, 1.82) is 0 Å². The first-order valence-corrected chi connectivity index (χ1v) is 9.21. The molecule has 6 nitrogen and oxygen atoms in total. The summed E-state index contributed by atoms with van der Waals surface area (Å²) in [5, 5.41) is 10.2. The van der Waals surface area contributed by atoms with E-state index in [0.29, 0.717) is 22.8 Å². The van der Waals surface area contributed by atoms with Gasteiger partial charge < -0.3 is 5.32 Å². The van der Waals surface area contributed by atoms with Crippen LogP contribution in [0.3, 0.4) is 0 Å². The Morgan fingerprint density at radius 1 is 1.33 bits per heavy atom. The molecule has 1 aromatic rings. The van der Waals surface area contributed by atoms with Crippen molar-refractivity contribution in [3.8, 4) is 0 Å². The molecule has 1 fully saturated rings. The standard InChI is InChI=1S/C14H26N4O2S/c1-4-9-15-10-12-13(11(3)16-17-12)21(19,20)18-14(5-2)7-6-8-14/h15,18H,4-10H2,1-3H3,(H,16,17). The first kappa shape index (κ1) is 16.5. The summed E-state index contributed by atoms with van der Waals surface area (Å²) in [7, 11) is -3.53. The molecule has 1 saturated carbocycles. The van der Waals surface area contributed by atoms with Crippen molar-refractivity contribution in [3.05, 3.63) is 11.4 Å². The highest BCUT2D eigenvalue weighted by atomic mass is 32.2. The molecule has 0 radical (unpaired) electrons. The molecule has 0 unspecified atom stereocenters. The SMILES string of the molecule is CCCNCc1n[nH]c(C)c1S(=O)(=O)NC1(CC)CCC1. The van der Waals surface area contributed by atoms with Crippen LogP contribution in [-0.2, 0) is 16.6 Å². The number of aromatic amines is 1. The first-order chi connectivity index (χ1) is 9.94. The van der Waals surface area contributed by atoms with E-state index < -0.39 is 10.0 Å². The number of aryl methyl sites for hydroxylation is 1. The van der Waals surface area contributed by atoms with Gasteiger partial charge in [0.2, 0.25) is 10.0 Å². The van der Waals surface area contributed by atoms with E-state index in [1.54, 1.807) is 6.92 Å². The molecular formula is C14H26N4O2S. The van der Waals surface area contributed by atoms with Gasteiger partial charge >= 0.3 is 0 Å². The van der Waals surface area contributed by atoms with Crippen molar-refractivity contribution in [1.82, 2.24) is 20.2 Å². The Morgan fingerprint density at radius 3 is 2.57 bits per heavy atom. The van der Waals surface area contributed by atoms with Gasteiger partial charge in [-0.25, -0.2) is 13.1 Å². The summed E-state index contributed by atoms with van der Waals surface area (Å²) in [5.41, 5.74) is 0.914. The maximum atomic E-state index is 12.7. The van der Waals surface area contributed by atoms with Gasteiger partial charge in [0.1, 0.15) is 4.90 Å². The number of nitrogens with one attached hydrogen (secondary N) is 3. The lowest BCUT2D eigenvalue weighted by atomic mass is 9.76. The third kappa shape index (κ3) is 3.46. The van der Waals surface area contributed by atoms with Crippen molar-refractivity contribution in [2.24, 2.45) is 0 Å². The van der Waals surface area contributed by atoms with Gasteiger partial charge in [-0.1, -0.05) is 13.8 Å². The van der Waals surface area contributed by atoms with E-state index in [0.717, 1.165) is 38.6 Å². The van der Waals surface area contributed by atoms with Gasteiger partial charge in [0, 0.05) is 12.1 Å². The van der Waals surface area contributed by atoms with Gasteiger partial charge in [-0.15, -0.1) is 0 Å². The van der Waals surface area contributed by atoms with Crippen LogP contribution in [0.1, 0.15) is 57.3 Å². The molecule has 120 valence electrons. The molecule has 1 aliphatic rings. The molecule has 0 aromatic carbocycles.